The molecule has 0 N–H and O–H groups in total. The van der Waals surface area contributed by atoms with Crippen molar-refractivity contribution < 1.29 is 9.26 Å². The number of thiazole rings is 1. The first-order valence-corrected chi connectivity index (χ1v) is 8.03. The van der Waals surface area contributed by atoms with Crippen molar-refractivity contribution in [2.75, 3.05) is 7.11 Å². The fraction of sp³-hybridized carbons (Fsp3) is 0.308. The van der Waals surface area contributed by atoms with Crippen LogP contribution < -0.4 is 0 Å². The molecule has 0 bridgehead atoms. The number of thiophene rings is 1. The molecule has 4 aromatic rings. The number of imidazole rings is 1. The van der Waals surface area contributed by atoms with Crippen molar-refractivity contribution in [1.29, 1.82) is 0 Å². The minimum atomic E-state index is -0.568. The molecule has 0 atom stereocenters. The van der Waals surface area contributed by atoms with Gasteiger partial charge in [-0.25, -0.2) is 4.98 Å². The number of aromatic nitrogens is 4. The predicted molar refractivity (Wildman–Crippen MR) is 81.8 cm³/mol. The monoisotopic (exact) mass is 320 g/mol. The van der Waals surface area contributed by atoms with Crippen LogP contribution in [0, 0.1) is 0 Å². The second-order valence-corrected chi connectivity index (χ2v) is 7.01. The molecule has 0 amide bonds. The lowest BCUT2D eigenvalue weighted by Crippen LogP contribution is -2.21. The molecular formula is C13H12N4O2S2. The van der Waals surface area contributed by atoms with E-state index in [1.807, 2.05) is 31.5 Å². The molecule has 0 radical (unpaired) electrons. The third kappa shape index (κ3) is 1.90. The van der Waals surface area contributed by atoms with E-state index in [9.17, 15) is 0 Å². The van der Waals surface area contributed by atoms with Gasteiger partial charge in [0.1, 0.15) is 10.4 Å². The number of methoxy groups -OCH3 is 1. The smallest absolute Gasteiger partial charge is 0.268 e. The van der Waals surface area contributed by atoms with Crippen molar-refractivity contribution in [2.45, 2.75) is 19.4 Å². The molecule has 0 fully saturated rings. The van der Waals surface area contributed by atoms with Crippen LogP contribution in [0.25, 0.3) is 26.1 Å². The first-order valence-electron chi connectivity index (χ1n) is 6.33. The van der Waals surface area contributed by atoms with Gasteiger partial charge in [-0.05, 0) is 19.9 Å². The van der Waals surface area contributed by atoms with E-state index in [0.717, 1.165) is 20.2 Å². The van der Waals surface area contributed by atoms with Crippen LogP contribution in [0.2, 0.25) is 0 Å². The van der Waals surface area contributed by atoms with Gasteiger partial charge in [0, 0.05) is 18.7 Å². The summed E-state index contributed by atoms with van der Waals surface area (Å²) in [5, 5.41) is 6.03. The number of hydrogen-bond donors (Lipinski definition) is 0. The van der Waals surface area contributed by atoms with Gasteiger partial charge < -0.3 is 9.26 Å². The molecule has 6 nitrogen and oxygen atoms in total. The molecule has 0 saturated heterocycles. The number of ether oxygens (including phenoxy) is 1. The quantitative estimate of drug-likeness (QED) is 0.577. The lowest BCUT2D eigenvalue weighted by Gasteiger charge is -2.17. The topological polar surface area (TPSA) is 65.5 Å². The zero-order valence-corrected chi connectivity index (χ0v) is 13.3. The van der Waals surface area contributed by atoms with Crippen LogP contribution >= 0.6 is 22.7 Å². The predicted octanol–water partition coefficient (Wildman–Crippen LogP) is 3.54. The van der Waals surface area contributed by atoms with E-state index in [1.54, 1.807) is 29.8 Å². The Hall–Kier alpha value is -1.77. The van der Waals surface area contributed by atoms with Crippen LogP contribution in [0.1, 0.15) is 19.7 Å². The normalized spacial score (nSPS) is 12.7. The zero-order valence-electron chi connectivity index (χ0n) is 11.7. The molecule has 8 heteroatoms. The van der Waals surface area contributed by atoms with Gasteiger partial charge in [-0.15, -0.1) is 22.7 Å². The molecule has 21 heavy (non-hydrogen) atoms. The summed E-state index contributed by atoms with van der Waals surface area (Å²) in [5.74, 6) is 1.04. The van der Waals surface area contributed by atoms with Crippen molar-refractivity contribution in [3.8, 4) is 10.8 Å². The molecule has 4 aromatic heterocycles. The summed E-state index contributed by atoms with van der Waals surface area (Å²) >= 11 is 3.17. The Balaban J connectivity index is 1.80. The van der Waals surface area contributed by atoms with E-state index in [0.29, 0.717) is 11.7 Å². The third-order valence-corrected chi connectivity index (χ3v) is 5.19. The van der Waals surface area contributed by atoms with Crippen LogP contribution in [0.5, 0.6) is 0 Å². The standard InChI is InChI=1S/C13H12N4O2S2/c1-13(2,18-3)11-14-9(19-16-11)8-6-7-10(21-8)15-12-17(7)4-5-20-12/h4-6H,1-3H3. The summed E-state index contributed by atoms with van der Waals surface area (Å²) in [4.78, 5) is 11.9. The summed E-state index contributed by atoms with van der Waals surface area (Å²) in [7, 11) is 1.63. The van der Waals surface area contributed by atoms with Crippen molar-refractivity contribution in [2.24, 2.45) is 0 Å². The number of hydrogen-bond acceptors (Lipinski definition) is 7. The molecule has 0 saturated carbocycles. The molecule has 0 spiro atoms. The zero-order chi connectivity index (χ0) is 14.6. The van der Waals surface area contributed by atoms with Crippen LogP contribution in [-0.4, -0.2) is 26.6 Å². The van der Waals surface area contributed by atoms with Crippen LogP contribution in [0.15, 0.2) is 22.2 Å². The maximum Gasteiger partial charge on any atom is 0.268 e. The minimum Gasteiger partial charge on any atom is -0.371 e. The third-order valence-electron chi connectivity index (χ3n) is 3.43. The summed E-state index contributed by atoms with van der Waals surface area (Å²) in [6, 6.07) is 2.03. The van der Waals surface area contributed by atoms with Crippen molar-refractivity contribution in [3.63, 3.8) is 0 Å². The Labute approximate surface area is 128 Å². The molecule has 0 aromatic carbocycles. The lowest BCUT2D eigenvalue weighted by molar-refractivity contribution is 0.00973. The molecule has 4 heterocycles. The number of fused-ring (bicyclic) bond motifs is 3. The van der Waals surface area contributed by atoms with E-state index in [4.69, 9.17) is 9.26 Å². The van der Waals surface area contributed by atoms with Gasteiger partial charge in [0.05, 0.1) is 10.4 Å². The molecule has 0 aliphatic rings. The highest BCUT2D eigenvalue weighted by molar-refractivity contribution is 7.22. The van der Waals surface area contributed by atoms with E-state index in [2.05, 4.69) is 19.5 Å². The van der Waals surface area contributed by atoms with Gasteiger partial charge in [-0.1, -0.05) is 5.16 Å². The summed E-state index contributed by atoms with van der Waals surface area (Å²) in [6.07, 6.45) is 2.01. The molecule has 0 aliphatic heterocycles. The number of nitrogens with zero attached hydrogens (tertiary/aromatic N) is 4. The van der Waals surface area contributed by atoms with Gasteiger partial charge in [0.2, 0.25) is 5.82 Å². The van der Waals surface area contributed by atoms with Gasteiger partial charge >= 0.3 is 0 Å². The average molecular weight is 320 g/mol. The Morgan fingerprint density at radius 3 is 3.00 bits per heavy atom. The van der Waals surface area contributed by atoms with Gasteiger partial charge in [0.25, 0.3) is 5.89 Å². The first-order chi connectivity index (χ1) is 10.1. The maximum atomic E-state index is 5.37. The largest absolute Gasteiger partial charge is 0.371 e. The first kappa shape index (κ1) is 12.9. The van der Waals surface area contributed by atoms with Crippen LogP contribution in [-0.2, 0) is 10.3 Å². The van der Waals surface area contributed by atoms with E-state index in [1.165, 1.54) is 0 Å². The van der Waals surface area contributed by atoms with Crippen LogP contribution in [0.4, 0.5) is 0 Å². The molecular weight excluding hydrogens is 308 g/mol. The van der Waals surface area contributed by atoms with E-state index in [-0.39, 0.29) is 0 Å². The second kappa shape index (κ2) is 4.36. The molecule has 108 valence electrons. The Kier molecular flexibility index (Phi) is 2.69. The fourth-order valence-electron chi connectivity index (χ4n) is 2.01. The summed E-state index contributed by atoms with van der Waals surface area (Å²) in [5.41, 5.74) is 0.499. The van der Waals surface area contributed by atoms with E-state index < -0.39 is 5.60 Å². The van der Waals surface area contributed by atoms with Gasteiger partial charge in [0.15, 0.2) is 4.96 Å². The van der Waals surface area contributed by atoms with E-state index >= 15 is 0 Å². The SMILES string of the molecule is COC(C)(C)c1noc(-c2cc3c(nc4sccn43)s2)n1. The summed E-state index contributed by atoms with van der Waals surface area (Å²) in [6.45, 7) is 3.80. The Morgan fingerprint density at radius 1 is 1.33 bits per heavy atom. The van der Waals surface area contributed by atoms with Crippen molar-refractivity contribution >= 4 is 38.0 Å². The highest BCUT2D eigenvalue weighted by atomic mass is 32.1. The second-order valence-electron chi connectivity index (χ2n) is 5.11. The van der Waals surface area contributed by atoms with Gasteiger partial charge in [-0.3, -0.25) is 4.40 Å². The highest BCUT2D eigenvalue weighted by Gasteiger charge is 2.27. The Bertz CT molecular complexity index is 930. The number of rotatable bonds is 3. The molecule has 0 unspecified atom stereocenters. The molecule has 4 rings (SSSR count). The van der Waals surface area contributed by atoms with Crippen molar-refractivity contribution in [1.82, 2.24) is 19.5 Å². The minimum absolute atomic E-state index is 0.502. The van der Waals surface area contributed by atoms with Crippen molar-refractivity contribution in [3.05, 3.63) is 23.5 Å². The average Bonchev–Trinajstić information content (AvgIpc) is 3.18. The highest BCUT2D eigenvalue weighted by Crippen LogP contribution is 2.34. The van der Waals surface area contributed by atoms with Crippen LogP contribution in [0.3, 0.4) is 0 Å². The Morgan fingerprint density at radius 2 is 2.19 bits per heavy atom. The molecule has 0 aliphatic carbocycles. The summed E-state index contributed by atoms with van der Waals surface area (Å²) < 4.78 is 12.8. The fourth-order valence-corrected chi connectivity index (χ4v) is 3.73. The maximum absolute atomic E-state index is 5.37. The lowest BCUT2D eigenvalue weighted by atomic mass is 10.1. The van der Waals surface area contributed by atoms with Gasteiger partial charge in [-0.2, -0.15) is 4.98 Å².